The van der Waals surface area contributed by atoms with Gasteiger partial charge in [0.1, 0.15) is 0 Å². The fourth-order valence-electron chi connectivity index (χ4n) is 2.54. The van der Waals surface area contributed by atoms with Crippen molar-refractivity contribution in [2.75, 3.05) is 5.32 Å². The highest BCUT2D eigenvalue weighted by Crippen LogP contribution is 2.28. The van der Waals surface area contributed by atoms with E-state index in [4.69, 9.17) is 0 Å². The highest BCUT2D eigenvalue weighted by Gasteiger charge is 2.22. The van der Waals surface area contributed by atoms with Gasteiger partial charge in [-0.1, -0.05) is 48.2 Å². The average molecular weight is 418 g/mol. The van der Waals surface area contributed by atoms with Gasteiger partial charge in [-0.15, -0.1) is 16.8 Å². The third-order valence-corrected chi connectivity index (χ3v) is 5.09. The van der Waals surface area contributed by atoms with Crippen molar-refractivity contribution < 1.29 is 18.0 Å². The molecule has 1 atom stereocenters. The van der Waals surface area contributed by atoms with E-state index in [0.29, 0.717) is 17.5 Å². The number of nitrogens with one attached hydrogen (secondary N) is 1. The first-order valence-corrected chi connectivity index (χ1v) is 9.51. The van der Waals surface area contributed by atoms with Gasteiger partial charge in [0.25, 0.3) is 0 Å². The summed E-state index contributed by atoms with van der Waals surface area (Å²) in [5, 5.41) is 10.4. The monoisotopic (exact) mass is 418 g/mol. The maximum atomic E-state index is 13.8. The number of thioether (sulfide) groups is 1. The number of rotatable bonds is 7. The van der Waals surface area contributed by atoms with Crippen LogP contribution in [0.15, 0.2) is 60.3 Å². The zero-order valence-corrected chi connectivity index (χ0v) is 16.2. The molecule has 1 aromatic heterocycles. The van der Waals surface area contributed by atoms with Crippen LogP contribution in [0.2, 0.25) is 0 Å². The molecule has 0 spiro atoms. The highest BCUT2D eigenvalue weighted by molar-refractivity contribution is 8.00. The minimum absolute atomic E-state index is 0.422. The van der Waals surface area contributed by atoms with Crippen LogP contribution >= 0.6 is 11.8 Å². The van der Waals surface area contributed by atoms with Crippen molar-refractivity contribution in [1.29, 1.82) is 0 Å². The first kappa shape index (κ1) is 20.7. The predicted molar refractivity (Wildman–Crippen MR) is 106 cm³/mol. The lowest BCUT2D eigenvalue weighted by Crippen LogP contribution is -2.23. The second-order valence-corrected chi connectivity index (χ2v) is 7.35. The number of anilines is 1. The second-order valence-electron chi connectivity index (χ2n) is 6.04. The van der Waals surface area contributed by atoms with Crippen LogP contribution in [-0.2, 0) is 11.3 Å². The third kappa shape index (κ3) is 4.51. The van der Waals surface area contributed by atoms with E-state index in [1.54, 1.807) is 17.6 Å². The molecule has 150 valence electrons. The molecule has 5 nitrogen and oxygen atoms in total. The fourth-order valence-corrected chi connectivity index (χ4v) is 3.40. The lowest BCUT2D eigenvalue weighted by molar-refractivity contribution is -0.115. The third-order valence-electron chi connectivity index (χ3n) is 4.00. The summed E-state index contributed by atoms with van der Waals surface area (Å²) in [7, 11) is 0. The Balaban J connectivity index is 1.79. The van der Waals surface area contributed by atoms with E-state index in [2.05, 4.69) is 22.1 Å². The summed E-state index contributed by atoms with van der Waals surface area (Å²) in [6.45, 7) is 5.75. The van der Waals surface area contributed by atoms with Crippen LogP contribution < -0.4 is 5.32 Å². The Hall–Kier alpha value is -3.07. The molecule has 3 rings (SSSR count). The summed E-state index contributed by atoms with van der Waals surface area (Å²) in [5.74, 6) is -4.38. The summed E-state index contributed by atoms with van der Waals surface area (Å²) < 4.78 is 42.0. The lowest BCUT2D eigenvalue weighted by Gasteiger charge is -2.13. The molecule has 0 bridgehead atoms. The molecule has 3 aromatic rings. The largest absolute Gasteiger partial charge is 0.323 e. The van der Waals surface area contributed by atoms with Gasteiger partial charge in [-0.2, -0.15) is 0 Å². The number of amides is 1. The smallest absolute Gasteiger partial charge is 0.237 e. The van der Waals surface area contributed by atoms with Crippen LogP contribution in [0.25, 0.3) is 11.4 Å². The summed E-state index contributed by atoms with van der Waals surface area (Å²) in [4.78, 5) is 12.4. The Morgan fingerprint density at radius 2 is 1.90 bits per heavy atom. The molecule has 0 radical (unpaired) electrons. The predicted octanol–water partition coefficient (Wildman–Crippen LogP) is 4.67. The van der Waals surface area contributed by atoms with Gasteiger partial charge in [-0.25, -0.2) is 13.2 Å². The maximum Gasteiger partial charge on any atom is 0.237 e. The van der Waals surface area contributed by atoms with Crippen LogP contribution in [0.5, 0.6) is 0 Å². The average Bonchev–Trinajstić information content (AvgIpc) is 3.11. The molecule has 9 heteroatoms. The summed E-state index contributed by atoms with van der Waals surface area (Å²) in [6, 6.07) is 11.1. The topological polar surface area (TPSA) is 59.8 Å². The molecule has 1 heterocycles. The minimum Gasteiger partial charge on any atom is -0.323 e. The molecule has 2 aromatic carbocycles. The number of hydrogen-bond acceptors (Lipinski definition) is 4. The summed E-state index contributed by atoms with van der Waals surface area (Å²) in [5.41, 5.74) is 0.425. The quantitative estimate of drug-likeness (QED) is 0.344. The highest BCUT2D eigenvalue weighted by atomic mass is 32.2. The Morgan fingerprint density at radius 1 is 1.17 bits per heavy atom. The molecular formula is C20H17F3N4OS. The van der Waals surface area contributed by atoms with Gasteiger partial charge in [0.2, 0.25) is 5.91 Å². The van der Waals surface area contributed by atoms with E-state index in [1.165, 1.54) is 0 Å². The van der Waals surface area contributed by atoms with Crippen molar-refractivity contribution in [3.63, 3.8) is 0 Å². The lowest BCUT2D eigenvalue weighted by atomic mass is 10.2. The molecule has 0 aliphatic heterocycles. The minimum atomic E-state index is -1.64. The van der Waals surface area contributed by atoms with Crippen LogP contribution in [0, 0.1) is 17.5 Å². The molecule has 0 aliphatic rings. The maximum absolute atomic E-state index is 13.8. The number of hydrogen-bond donors (Lipinski definition) is 1. The van der Waals surface area contributed by atoms with Crippen LogP contribution in [0.4, 0.5) is 18.9 Å². The molecule has 0 saturated heterocycles. The molecule has 0 saturated carbocycles. The fraction of sp³-hybridized carbons (Fsp3) is 0.150. The zero-order chi connectivity index (χ0) is 21.0. The van der Waals surface area contributed by atoms with Gasteiger partial charge < -0.3 is 5.32 Å². The van der Waals surface area contributed by atoms with Gasteiger partial charge in [0.05, 0.1) is 10.9 Å². The van der Waals surface area contributed by atoms with Crippen molar-refractivity contribution in [2.24, 2.45) is 0 Å². The molecule has 1 amide bonds. The second kappa shape index (κ2) is 8.95. The number of carbonyl (C=O) groups is 1. The van der Waals surface area contributed by atoms with E-state index in [9.17, 15) is 18.0 Å². The van der Waals surface area contributed by atoms with Gasteiger partial charge in [0, 0.05) is 12.1 Å². The number of carbonyl (C=O) groups excluding carboxylic acids is 1. The number of allylic oxidation sites excluding steroid dienone is 1. The van der Waals surface area contributed by atoms with E-state index in [-0.39, 0.29) is 0 Å². The number of nitrogens with zero attached hydrogens (tertiary/aromatic N) is 3. The van der Waals surface area contributed by atoms with Gasteiger partial charge in [-0.3, -0.25) is 9.36 Å². The van der Waals surface area contributed by atoms with Crippen molar-refractivity contribution >= 4 is 23.4 Å². The van der Waals surface area contributed by atoms with Crippen molar-refractivity contribution in [2.45, 2.75) is 23.9 Å². The number of aromatic nitrogens is 3. The van der Waals surface area contributed by atoms with Crippen molar-refractivity contribution in [3.8, 4) is 11.4 Å². The molecule has 0 fully saturated rings. The van der Waals surface area contributed by atoms with Crippen molar-refractivity contribution in [3.05, 3.63) is 72.6 Å². The van der Waals surface area contributed by atoms with E-state index in [1.807, 2.05) is 30.3 Å². The SMILES string of the molecule is C=CCn1c(S[C@@H](C)C(=O)Nc2ccc(F)c(F)c2F)nnc1-c1ccccc1. The van der Waals surface area contributed by atoms with Crippen LogP contribution in [0.1, 0.15) is 6.92 Å². The van der Waals surface area contributed by atoms with Gasteiger partial charge in [0.15, 0.2) is 28.4 Å². The van der Waals surface area contributed by atoms with Crippen molar-refractivity contribution in [1.82, 2.24) is 14.8 Å². The van der Waals surface area contributed by atoms with Gasteiger partial charge in [-0.05, 0) is 19.1 Å². The Kier molecular flexibility index (Phi) is 6.38. The molecule has 29 heavy (non-hydrogen) atoms. The first-order valence-electron chi connectivity index (χ1n) is 8.63. The van der Waals surface area contributed by atoms with Crippen LogP contribution in [-0.4, -0.2) is 25.9 Å². The van der Waals surface area contributed by atoms with E-state index >= 15 is 0 Å². The molecule has 0 unspecified atom stereocenters. The van der Waals surface area contributed by atoms with Gasteiger partial charge >= 0.3 is 0 Å². The summed E-state index contributed by atoms with van der Waals surface area (Å²) in [6.07, 6.45) is 1.68. The Morgan fingerprint density at radius 3 is 2.59 bits per heavy atom. The summed E-state index contributed by atoms with van der Waals surface area (Å²) >= 11 is 1.11. The molecule has 0 aliphatic carbocycles. The normalized spacial score (nSPS) is 11.9. The van der Waals surface area contributed by atoms with Crippen LogP contribution in [0.3, 0.4) is 0 Å². The van der Waals surface area contributed by atoms with E-state index in [0.717, 1.165) is 29.5 Å². The molecule has 1 N–H and O–H groups in total. The standard InChI is InChI=1S/C20H17F3N4OS/c1-3-11-27-18(13-7-5-4-6-8-13)25-26-20(27)29-12(2)19(28)24-15-10-9-14(21)16(22)17(15)23/h3-10,12H,1,11H2,2H3,(H,24,28)/t12-/m0/s1. The van der Waals surface area contributed by atoms with E-state index < -0.39 is 34.3 Å². The Labute approximate surface area is 169 Å². The first-order chi connectivity index (χ1) is 13.9. The zero-order valence-electron chi connectivity index (χ0n) is 15.4. The number of halogens is 3. The number of benzene rings is 2. The Bertz CT molecular complexity index is 1040. The molecular weight excluding hydrogens is 401 g/mol.